The standard InChI is InChI=1S/C24H25Cl2N7O2/c1-4-33(5-2)11-12-35-20-10-9-19(30-31-20)28-24-27-14-15-13-16(23(34)32(3)22(15)29-24)21-17(25)7-6-8-18(21)26/h6-10,13-14H,4-5,11-12H2,1-3H3,(H,27,28,29,30). The first-order chi connectivity index (χ1) is 16.9. The van der Waals surface area contributed by atoms with E-state index in [0.29, 0.717) is 50.5 Å². The molecule has 1 N–H and O–H groups in total. The lowest BCUT2D eigenvalue weighted by Crippen LogP contribution is -2.28. The summed E-state index contributed by atoms with van der Waals surface area (Å²) in [6, 6.07) is 10.3. The Morgan fingerprint density at radius 1 is 1.09 bits per heavy atom. The highest BCUT2D eigenvalue weighted by Crippen LogP contribution is 2.33. The number of nitrogens with one attached hydrogen (secondary N) is 1. The third kappa shape index (κ3) is 5.53. The number of likely N-dealkylation sites (N-methyl/N-ethyl adjacent to an activating group) is 1. The molecule has 0 unspecified atom stereocenters. The first kappa shape index (κ1) is 24.8. The van der Waals surface area contributed by atoms with E-state index in [-0.39, 0.29) is 11.5 Å². The summed E-state index contributed by atoms with van der Waals surface area (Å²) in [6.45, 7) is 7.53. The molecule has 3 aromatic heterocycles. The Morgan fingerprint density at radius 2 is 1.83 bits per heavy atom. The molecule has 0 bridgehead atoms. The van der Waals surface area contributed by atoms with Crippen LogP contribution in [0.4, 0.5) is 11.8 Å². The zero-order valence-corrected chi connectivity index (χ0v) is 21.1. The summed E-state index contributed by atoms with van der Waals surface area (Å²) in [5, 5.41) is 12.7. The van der Waals surface area contributed by atoms with Crippen LogP contribution in [0.3, 0.4) is 0 Å². The smallest absolute Gasteiger partial charge is 0.259 e. The molecule has 0 fully saturated rings. The molecule has 35 heavy (non-hydrogen) atoms. The summed E-state index contributed by atoms with van der Waals surface area (Å²) in [7, 11) is 1.64. The summed E-state index contributed by atoms with van der Waals surface area (Å²) in [5.74, 6) is 1.17. The number of anilines is 2. The second-order valence-electron chi connectivity index (χ2n) is 7.75. The molecule has 0 aliphatic heterocycles. The third-order valence-electron chi connectivity index (χ3n) is 5.61. The number of hydrogen-bond acceptors (Lipinski definition) is 8. The minimum absolute atomic E-state index is 0.275. The number of hydrogen-bond donors (Lipinski definition) is 1. The van der Waals surface area contributed by atoms with E-state index in [0.717, 1.165) is 19.6 Å². The topological polar surface area (TPSA) is 98.1 Å². The van der Waals surface area contributed by atoms with Crippen LogP contribution in [0.2, 0.25) is 10.0 Å². The summed E-state index contributed by atoms with van der Waals surface area (Å²) < 4.78 is 7.11. The Kier molecular flexibility index (Phi) is 7.80. The number of fused-ring (bicyclic) bond motifs is 1. The summed E-state index contributed by atoms with van der Waals surface area (Å²) in [6.07, 6.45) is 1.62. The van der Waals surface area contributed by atoms with Crippen LogP contribution in [-0.4, -0.2) is 55.9 Å². The van der Waals surface area contributed by atoms with E-state index in [1.54, 1.807) is 49.6 Å². The quantitative estimate of drug-likeness (QED) is 0.347. The van der Waals surface area contributed by atoms with Crippen LogP contribution >= 0.6 is 23.2 Å². The van der Waals surface area contributed by atoms with Crippen LogP contribution < -0.4 is 15.6 Å². The van der Waals surface area contributed by atoms with Gasteiger partial charge in [0.25, 0.3) is 5.56 Å². The second kappa shape index (κ2) is 11.0. The molecule has 3 heterocycles. The van der Waals surface area contributed by atoms with Crippen molar-refractivity contribution in [2.24, 2.45) is 7.05 Å². The molecule has 0 amide bonds. The highest BCUT2D eigenvalue weighted by Gasteiger charge is 2.16. The van der Waals surface area contributed by atoms with E-state index in [2.05, 4.69) is 44.2 Å². The average molecular weight is 514 g/mol. The molecule has 4 rings (SSSR count). The fourth-order valence-corrected chi connectivity index (χ4v) is 4.24. The Bertz CT molecular complexity index is 1370. The van der Waals surface area contributed by atoms with Gasteiger partial charge in [0.15, 0.2) is 5.82 Å². The molecule has 0 spiro atoms. The zero-order valence-electron chi connectivity index (χ0n) is 19.6. The van der Waals surface area contributed by atoms with Gasteiger partial charge in [-0.15, -0.1) is 10.2 Å². The number of pyridine rings is 1. The second-order valence-corrected chi connectivity index (χ2v) is 8.56. The predicted molar refractivity (Wildman–Crippen MR) is 139 cm³/mol. The molecular weight excluding hydrogens is 489 g/mol. The van der Waals surface area contributed by atoms with Crippen LogP contribution in [0.1, 0.15) is 13.8 Å². The maximum atomic E-state index is 13.1. The molecule has 0 saturated carbocycles. The molecule has 11 heteroatoms. The van der Waals surface area contributed by atoms with Crippen molar-refractivity contribution in [2.75, 3.05) is 31.6 Å². The summed E-state index contributed by atoms with van der Waals surface area (Å²) >= 11 is 12.6. The molecular formula is C24H25Cl2N7O2. The number of benzene rings is 1. The fourth-order valence-electron chi connectivity index (χ4n) is 3.64. The van der Waals surface area contributed by atoms with Gasteiger partial charge in [-0.1, -0.05) is 43.1 Å². The van der Waals surface area contributed by atoms with E-state index < -0.39 is 0 Å². The van der Waals surface area contributed by atoms with E-state index in [9.17, 15) is 4.79 Å². The Morgan fingerprint density at radius 3 is 2.49 bits per heavy atom. The van der Waals surface area contributed by atoms with Gasteiger partial charge >= 0.3 is 0 Å². The first-order valence-electron chi connectivity index (χ1n) is 11.2. The van der Waals surface area contributed by atoms with E-state index in [1.165, 1.54) is 4.57 Å². The average Bonchev–Trinajstić information content (AvgIpc) is 2.86. The van der Waals surface area contributed by atoms with Crippen LogP contribution in [0, 0.1) is 0 Å². The van der Waals surface area contributed by atoms with Crippen molar-refractivity contribution < 1.29 is 4.74 Å². The number of rotatable bonds is 9. The van der Waals surface area contributed by atoms with Crippen LogP contribution in [0.5, 0.6) is 5.88 Å². The summed E-state index contributed by atoms with van der Waals surface area (Å²) in [4.78, 5) is 24.2. The lowest BCUT2D eigenvalue weighted by molar-refractivity contribution is 0.216. The SMILES string of the molecule is CCN(CC)CCOc1ccc(Nc2ncc3cc(-c4c(Cl)cccc4Cl)c(=O)n(C)c3n2)nn1. The van der Waals surface area contributed by atoms with Gasteiger partial charge in [0, 0.05) is 36.8 Å². The highest BCUT2D eigenvalue weighted by molar-refractivity contribution is 6.39. The monoisotopic (exact) mass is 513 g/mol. The number of aromatic nitrogens is 5. The van der Waals surface area contributed by atoms with Gasteiger partial charge in [0.1, 0.15) is 12.3 Å². The molecule has 9 nitrogen and oxygen atoms in total. The molecule has 4 aromatic rings. The van der Waals surface area contributed by atoms with Gasteiger partial charge in [-0.3, -0.25) is 9.36 Å². The maximum absolute atomic E-state index is 13.1. The zero-order chi connectivity index (χ0) is 24.9. The van der Waals surface area contributed by atoms with Gasteiger partial charge in [-0.05, 0) is 37.4 Å². The van der Waals surface area contributed by atoms with E-state index in [1.807, 2.05) is 0 Å². The van der Waals surface area contributed by atoms with Crippen LogP contribution in [-0.2, 0) is 7.05 Å². The third-order valence-corrected chi connectivity index (χ3v) is 6.24. The van der Waals surface area contributed by atoms with E-state index in [4.69, 9.17) is 27.9 Å². The maximum Gasteiger partial charge on any atom is 0.259 e. The molecule has 0 aliphatic carbocycles. The van der Waals surface area contributed by atoms with Gasteiger partial charge < -0.3 is 15.0 Å². The molecule has 1 aromatic carbocycles. The van der Waals surface area contributed by atoms with Crippen molar-refractivity contribution in [1.29, 1.82) is 0 Å². The minimum atomic E-state index is -0.275. The van der Waals surface area contributed by atoms with Crippen molar-refractivity contribution in [3.05, 3.63) is 63.0 Å². The van der Waals surface area contributed by atoms with Gasteiger partial charge in [-0.2, -0.15) is 4.98 Å². The Hall–Kier alpha value is -3.27. The normalized spacial score (nSPS) is 11.3. The molecule has 0 aliphatic rings. The largest absolute Gasteiger partial charge is 0.475 e. The van der Waals surface area contributed by atoms with Gasteiger partial charge in [0.05, 0.1) is 15.6 Å². The van der Waals surface area contributed by atoms with Crippen molar-refractivity contribution in [3.63, 3.8) is 0 Å². The van der Waals surface area contributed by atoms with Crippen molar-refractivity contribution in [1.82, 2.24) is 29.6 Å². The fraction of sp³-hybridized carbons (Fsp3) is 0.292. The van der Waals surface area contributed by atoms with Crippen molar-refractivity contribution in [2.45, 2.75) is 13.8 Å². The molecule has 0 radical (unpaired) electrons. The molecule has 182 valence electrons. The van der Waals surface area contributed by atoms with E-state index >= 15 is 0 Å². The number of halogens is 2. The van der Waals surface area contributed by atoms with Crippen molar-refractivity contribution >= 4 is 46.0 Å². The lowest BCUT2D eigenvalue weighted by Gasteiger charge is -2.17. The molecule has 0 atom stereocenters. The van der Waals surface area contributed by atoms with Gasteiger partial charge in [-0.25, -0.2) is 4.98 Å². The predicted octanol–water partition coefficient (Wildman–Crippen LogP) is 4.56. The van der Waals surface area contributed by atoms with Crippen LogP contribution in [0.15, 0.2) is 47.4 Å². The minimum Gasteiger partial charge on any atom is -0.475 e. The number of nitrogens with zero attached hydrogens (tertiary/aromatic N) is 6. The lowest BCUT2D eigenvalue weighted by atomic mass is 10.1. The highest BCUT2D eigenvalue weighted by atomic mass is 35.5. The van der Waals surface area contributed by atoms with Gasteiger partial charge in [0.2, 0.25) is 11.8 Å². The number of aryl methyl sites for hydroxylation is 1. The van der Waals surface area contributed by atoms with Crippen LogP contribution in [0.25, 0.3) is 22.2 Å². The first-order valence-corrected chi connectivity index (χ1v) is 11.9. The number of ether oxygens (including phenoxy) is 1. The summed E-state index contributed by atoms with van der Waals surface area (Å²) in [5.41, 5.74) is 1.03. The molecule has 0 saturated heterocycles. The van der Waals surface area contributed by atoms with Crippen molar-refractivity contribution in [3.8, 4) is 17.0 Å². The Labute approximate surface area is 212 Å². The Balaban J connectivity index is 1.53.